The molecule has 382 valence electrons. The number of carbonyl (C=O) groups excluding carboxylic acids is 2. The number of unbranched alkanes of at least 4 members (excludes halogenated alkanes) is 1. The summed E-state index contributed by atoms with van der Waals surface area (Å²) < 4.78 is 77.3. The van der Waals surface area contributed by atoms with E-state index >= 15 is 0 Å². The highest BCUT2D eigenvalue weighted by Crippen LogP contribution is 2.44. The number of carbonyl (C=O) groups is 2. The van der Waals surface area contributed by atoms with Crippen molar-refractivity contribution in [1.29, 1.82) is 0 Å². The number of amides is 1. The van der Waals surface area contributed by atoms with Gasteiger partial charge in [0.15, 0.2) is 0 Å². The molecule has 0 aromatic heterocycles. The Bertz CT molecular complexity index is 1460. The fourth-order valence-electron chi connectivity index (χ4n) is 6.78. The lowest BCUT2D eigenvalue weighted by molar-refractivity contribution is -0.150. The van der Waals surface area contributed by atoms with Crippen molar-refractivity contribution < 1.29 is 75.9 Å². The van der Waals surface area contributed by atoms with E-state index in [2.05, 4.69) is 31.2 Å². The second-order valence-electron chi connectivity index (χ2n) is 15.5. The fourth-order valence-corrected chi connectivity index (χ4v) is 6.78. The predicted molar refractivity (Wildman–Crippen MR) is 252 cm³/mol. The first-order chi connectivity index (χ1) is 33.1. The smallest absolute Gasteiger partial charge is 0.409 e. The molecule has 0 heterocycles. The summed E-state index contributed by atoms with van der Waals surface area (Å²) in [6.45, 7) is 16.2. The third-order valence-electron chi connectivity index (χ3n) is 10.5. The Morgan fingerprint density at radius 1 is 0.463 bits per heavy atom. The third-order valence-corrected chi connectivity index (χ3v) is 10.5. The van der Waals surface area contributed by atoms with Crippen molar-refractivity contribution in [2.75, 3.05) is 185 Å². The van der Waals surface area contributed by atoms with Gasteiger partial charge in [-0.2, -0.15) is 0 Å². The fraction of sp³-hybridized carbons (Fsp3) is 0.720. The monoisotopic (exact) mass is 952 g/mol. The van der Waals surface area contributed by atoms with E-state index in [1.807, 2.05) is 31.2 Å². The van der Waals surface area contributed by atoms with Crippen molar-refractivity contribution in [3.05, 3.63) is 59.7 Å². The average Bonchev–Trinajstić information content (AvgIpc) is 3.67. The SMILES string of the molecule is CCCCC(CC)C(=O)OCCOCCOCCOCCOCCOCCOCCOCCOCCOCCOCCOCCOCCN(C)C(=O)OCC1c2ccccc2-c2ccccc21. The van der Waals surface area contributed by atoms with Crippen LogP contribution in [0, 0.1) is 5.92 Å². The van der Waals surface area contributed by atoms with E-state index in [0.29, 0.717) is 172 Å². The minimum atomic E-state index is -0.368. The van der Waals surface area contributed by atoms with E-state index in [4.69, 9.17) is 66.3 Å². The Morgan fingerprint density at radius 3 is 1.13 bits per heavy atom. The molecule has 2 aromatic carbocycles. The van der Waals surface area contributed by atoms with Crippen LogP contribution in [0.3, 0.4) is 0 Å². The van der Waals surface area contributed by atoms with Gasteiger partial charge in [0.1, 0.15) is 13.2 Å². The lowest BCUT2D eigenvalue weighted by Gasteiger charge is -2.19. The van der Waals surface area contributed by atoms with Crippen LogP contribution >= 0.6 is 0 Å². The van der Waals surface area contributed by atoms with Crippen molar-refractivity contribution in [3.8, 4) is 11.1 Å². The number of rotatable bonds is 46. The normalized spacial score (nSPS) is 12.6. The largest absolute Gasteiger partial charge is 0.463 e. The van der Waals surface area contributed by atoms with Gasteiger partial charge in [-0.15, -0.1) is 0 Å². The molecule has 1 aliphatic rings. The molecule has 0 N–H and O–H groups in total. The lowest BCUT2D eigenvalue weighted by atomic mass is 9.98. The maximum atomic E-state index is 12.6. The Balaban J connectivity index is 0.927. The zero-order chi connectivity index (χ0) is 47.7. The molecule has 3 rings (SSSR count). The number of hydrogen-bond acceptors (Lipinski definition) is 16. The molecule has 67 heavy (non-hydrogen) atoms. The molecule has 0 fully saturated rings. The lowest BCUT2D eigenvalue weighted by Crippen LogP contribution is -2.32. The second kappa shape index (κ2) is 40.6. The standard InChI is InChI=1S/C50H81NO16/c1-4-6-11-43(5-2)49(52)66-41-40-65-39-38-64-37-36-63-35-34-62-33-32-61-31-30-60-29-28-59-27-26-58-25-24-57-23-22-56-21-20-55-19-18-54-17-16-51(3)50(53)67-42-48-46-14-9-7-12-44(46)45-13-8-10-15-47(45)48/h7-10,12-15,43,48H,4-6,11,16-42H2,1-3H3. The maximum absolute atomic E-state index is 12.6. The molecule has 1 unspecified atom stereocenters. The van der Waals surface area contributed by atoms with Crippen molar-refractivity contribution in [1.82, 2.24) is 4.90 Å². The van der Waals surface area contributed by atoms with Gasteiger partial charge >= 0.3 is 12.1 Å². The molecule has 0 radical (unpaired) electrons. The molecule has 1 atom stereocenters. The number of ether oxygens (including phenoxy) is 14. The molecule has 0 spiro atoms. The van der Waals surface area contributed by atoms with Crippen LogP contribution in [-0.4, -0.2) is 202 Å². The van der Waals surface area contributed by atoms with Crippen molar-refractivity contribution in [3.63, 3.8) is 0 Å². The summed E-state index contributed by atoms with van der Waals surface area (Å²) in [5.74, 6) is -0.104. The van der Waals surface area contributed by atoms with Gasteiger partial charge < -0.3 is 71.2 Å². The van der Waals surface area contributed by atoms with Crippen LogP contribution in [0.5, 0.6) is 0 Å². The summed E-state index contributed by atoms with van der Waals surface area (Å²) in [4.78, 5) is 26.2. The maximum Gasteiger partial charge on any atom is 0.409 e. The van der Waals surface area contributed by atoms with Crippen LogP contribution in [0.25, 0.3) is 11.1 Å². The van der Waals surface area contributed by atoms with Crippen LogP contribution in [0.2, 0.25) is 0 Å². The Labute approximate surface area is 399 Å². The molecular formula is C50H81NO16. The van der Waals surface area contributed by atoms with Gasteiger partial charge in [-0.1, -0.05) is 75.2 Å². The Hall–Kier alpha value is -3.30. The first-order valence-electron chi connectivity index (χ1n) is 24.2. The van der Waals surface area contributed by atoms with E-state index < -0.39 is 0 Å². The highest BCUT2D eigenvalue weighted by atomic mass is 16.6. The molecule has 0 aliphatic heterocycles. The number of hydrogen-bond donors (Lipinski definition) is 0. The number of nitrogens with zero attached hydrogens (tertiary/aromatic N) is 1. The molecule has 17 heteroatoms. The molecular weight excluding hydrogens is 871 g/mol. The first kappa shape index (κ1) is 58.0. The van der Waals surface area contributed by atoms with Crippen LogP contribution in [-0.2, 0) is 71.1 Å². The Kier molecular flexibility index (Phi) is 35.1. The summed E-state index contributed by atoms with van der Waals surface area (Å²) in [7, 11) is 1.71. The number of likely N-dealkylation sites (N-methyl/N-ethyl adjacent to an activating group) is 1. The van der Waals surface area contributed by atoms with E-state index in [-0.39, 0.29) is 30.5 Å². The van der Waals surface area contributed by atoms with Gasteiger partial charge in [-0.25, -0.2) is 4.79 Å². The molecule has 1 amide bonds. The van der Waals surface area contributed by atoms with Crippen LogP contribution in [0.4, 0.5) is 4.79 Å². The predicted octanol–water partition coefficient (Wildman–Crippen LogP) is 5.83. The van der Waals surface area contributed by atoms with Crippen LogP contribution in [0.1, 0.15) is 56.6 Å². The summed E-state index contributed by atoms with van der Waals surface area (Å²) in [5, 5.41) is 0. The molecule has 0 bridgehead atoms. The van der Waals surface area contributed by atoms with E-state index in [0.717, 1.165) is 25.7 Å². The summed E-state index contributed by atoms with van der Waals surface area (Å²) in [5.41, 5.74) is 4.78. The van der Waals surface area contributed by atoms with Crippen molar-refractivity contribution >= 4 is 12.1 Å². The molecule has 1 aliphatic carbocycles. The minimum absolute atomic E-state index is 0.0114. The minimum Gasteiger partial charge on any atom is -0.463 e. The second-order valence-corrected chi connectivity index (χ2v) is 15.5. The average molecular weight is 952 g/mol. The van der Waals surface area contributed by atoms with E-state index in [1.54, 1.807) is 7.05 Å². The van der Waals surface area contributed by atoms with Crippen molar-refractivity contribution in [2.45, 2.75) is 45.4 Å². The van der Waals surface area contributed by atoms with Gasteiger partial charge in [0.05, 0.1) is 164 Å². The van der Waals surface area contributed by atoms with E-state index in [9.17, 15) is 9.59 Å². The molecule has 0 saturated heterocycles. The zero-order valence-corrected chi connectivity index (χ0v) is 40.7. The highest BCUT2D eigenvalue weighted by molar-refractivity contribution is 5.79. The molecule has 2 aromatic rings. The Morgan fingerprint density at radius 2 is 0.791 bits per heavy atom. The van der Waals surface area contributed by atoms with Crippen molar-refractivity contribution in [2.24, 2.45) is 5.92 Å². The van der Waals surface area contributed by atoms with E-state index in [1.165, 1.54) is 27.2 Å². The van der Waals surface area contributed by atoms with Gasteiger partial charge in [0.2, 0.25) is 0 Å². The summed E-state index contributed by atoms with van der Waals surface area (Å²) in [6, 6.07) is 16.6. The van der Waals surface area contributed by atoms with Gasteiger partial charge in [-0.05, 0) is 35.1 Å². The number of fused-ring (bicyclic) bond motifs is 3. The number of esters is 1. The zero-order valence-electron chi connectivity index (χ0n) is 40.7. The quantitative estimate of drug-likeness (QED) is 0.0575. The molecule has 0 saturated carbocycles. The van der Waals surface area contributed by atoms with Gasteiger partial charge in [0, 0.05) is 19.5 Å². The van der Waals surface area contributed by atoms with Crippen LogP contribution < -0.4 is 0 Å². The topological polar surface area (TPSA) is 167 Å². The first-order valence-corrected chi connectivity index (χ1v) is 24.2. The molecule has 17 nitrogen and oxygen atoms in total. The number of benzene rings is 2. The van der Waals surface area contributed by atoms with Gasteiger partial charge in [0.25, 0.3) is 0 Å². The summed E-state index contributed by atoms with van der Waals surface area (Å²) in [6.07, 6.45) is 3.44. The van der Waals surface area contributed by atoms with Crippen LogP contribution in [0.15, 0.2) is 48.5 Å². The third kappa shape index (κ3) is 27.5. The highest BCUT2D eigenvalue weighted by Gasteiger charge is 2.29. The van der Waals surface area contributed by atoms with Gasteiger partial charge in [-0.3, -0.25) is 4.79 Å². The summed E-state index contributed by atoms with van der Waals surface area (Å²) >= 11 is 0.